The fourth-order valence-electron chi connectivity index (χ4n) is 3.62. The fourth-order valence-corrected chi connectivity index (χ4v) is 3.62. The molecule has 0 aromatic rings. The van der Waals surface area contributed by atoms with Gasteiger partial charge in [0.05, 0.1) is 13.2 Å². The first kappa shape index (κ1) is 16.2. The third-order valence-electron chi connectivity index (χ3n) is 5.01. The second-order valence-electron chi connectivity index (χ2n) is 6.30. The van der Waals surface area contributed by atoms with Crippen molar-refractivity contribution in [2.75, 3.05) is 45.9 Å². The molecule has 2 aliphatic rings. The van der Waals surface area contributed by atoms with Crippen LogP contribution in [0.15, 0.2) is 0 Å². The second kappa shape index (κ2) is 8.32. The van der Waals surface area contributed by atoms with Crippen molar-refractivity contribution in [3.05, 3.63) is 0 Å². The average molecular weight is 283 g/mol. The lowest BCUT2D eigenvalue weighted by Gasteiger charge is -2.35. The van der Waals surface area contributed by atoms with Gasteiger partial charge in [-0.15, -0.1) is 0 Å². The molecule has 4 nitrogen and oxygen atoms in total. The number of ether oxygens (including phenoxy) is 1. The van der Waals surface area contributed by atoms with E-state index in [2.05, 4.69) is 35.9 Å². The van der Waals surface area contributed by atoms with Crippen LogP contribution in [0.2, 0.25) is 0 Å². The minimum absolute atomic E-state index is 0.637. The zero-order valence-corrected chi connectivity index (χ0v) is 13.6. The molecule has 0 aromatic carbocycles. The lowest BCUT2D eigenvalue weighted by Crippen LogP contribution is -2.49. The highest BCUT2D eigenvalue weighted by Crippen LogP contribution is 2.21. The maximum Gasteiger partial charge on any atom is 0.0594 e. The predicted octanol–water partition coefficient (Wildman–Crippen LogP) is 1.56. The molecule has 1 N–H and O–H groups in total. The molecule has 20 heavy (non-hydrogen) atoms. The van der Waals surface area contributed by atoms with Gasteiger partial charge in [0.2, 0.25) is 0 Å². The maximum absolute atomic E-state index is 5.47. The van der Waals surface area contributed by atoms with Gasteiger partial charge in [0.1, 0.15) is 0 Å². The Morgan fingerprint density at radius 2 is 1.95 bits per heavy atom. The number of rotatable bonds is 7. The molecule has 4 heteroatoms. The molecular weight excluding hydrogens is 250 g/mol. The zero-order chi connectivity index (χ0) is 14.4. The van der Waals surface area contributed by atoms with E-state index in [-0.39, 0.29) is 0 Å². The minimum atomic E-state index is 0.637. The summed E-state index contributed by atoms with van der Waals surface area (Å²) in [6.07, 6.45) is 3.77. The standard InChI is InChI=1S/C16H33N3O/c1-4-7-17-16(5-2)14(3)19-8-6-15(13-19)18-9-11-20-12-10-18/h14-17H,4-13H2,1-3H3. The number of nitrogens with one attached hydrogen (secondary N) is 1. The monoisotopic (exact) mass is 283 g/mol. The summed E-state index contributed by atoms with van der Waals surface area (Å²) in [5.74, 6) is 0. The largest absolute Gasteiger partial charge is 0.379 e. The Labute approximate surface area is 124 Å². The quantitative estimate of drug-likeness (QED) is 0.767. The van der Waals surface area contributed by atoms with E-state index in [1.807, 2.05) is 0 Å². The molecule has 2 heterocycles. The van der Waals surface area contributed by atoms with E-state index in [0.717, 1.165) is 38.9 Å². The van der Waals surface area contributed by atoms with Gasteiger partial charge in [-0.25, -0.2) is 0 Å². The van der Waals surface area contributed by atoms with Gasteiger partial charge < -0.3 is 10.1 Å². The van der Waals surface area contributed by atoms with Crippen molar-refractivity contribution < 1.29 is 4.74 Å². The van der Waals surface area contributed by atoms with Gasteiger partial charge in [-0.05, 0) is 32.7 Å². The van der Waals surface area contributed by atoms with Crippen LogP contribution in [0.25, 0.3) is 0 Å². The van der Waals surface area contributed by atoms with Crippen LogP contribution in [-0.4, -0.2) is 73.9 Å². The summed E-state index contributed by atoms with van der Waals surface area (Å²) < 4.78 is 5.47. The van der Waals surface area contributed by atoms with Crippen molar-refractivity contribution in [3.63, 3.8) is 0 Å². The van der Waals surface area contributed by atoms with Gasteiger partial charge in [0.15, 0.2) is 0 Å². The molecule has 0 aromatic heterocycles. The van der Waals surface area contributed by atoms with Crippen molar-refractivity contribution in [1.82, 2.24) is 15.1 Å². The van der Waals surface area contributed by atoms with Crippen LogP contribution < -0.4 is 5.32 Å². The topological polar surface area (TPSA) is 27.7 Å². The van der Waals surface area contributed by atoms with Gasteiger partial charge in [-0.2, -0.15) is 0 Å². The predicted molar refractivity (Wildman–Crippen MR) is 84.2 cm³/mol. The maximum atomic E-state index is 5.47. The average Bonchev–Trinajstić information content (AvgIpc) is 2.98. The number of likely N-dealkylation sites (tertiary alicyclic amines) is 1. The third kappa shape index (κ3) is 4.17. The molecule has 118 valence electrons. The van der Waals surface area contributed by atoms with Crippen molar-refractivity contribution in [2.45, 2.75) is 58.2 Å². The summed E-state index contributed by atoms with van der Waals surface area (Å²) in [4.78, 5) is 5.33. The van der Waals surface area contributed by atoms with Crippen LogP contribution in [0.1, 0.15) is 40.0 Å². The SMILES string of the molecule is CCCNC(CC)C(C)N1CCC(N2CCOCC2)C1. The van der Waals surface area contributed by atoms with Gasteiger partial charge in [-0.3, -0.25) is 9.80 Å². The molecule has 0 radical (unpaired) electrons. The van der Waals surface area contributed by atoms with Gasteiger partial charge in [0.25, 0.3) is 0 Å². The first-order valence-corrected chi connectivity index (χ1v) is 8.55. The van der Waals surface area contributed by atoms with Crippen molar-refractivity contribution >= 4 is 0 Å². The summed E-state index contributed by atoms with van der Waals surface area (Å²) in [7, 11) is 0. The van der Waals surface area contributed by atoms with Gasteiger partial charge in [-0.1, -0.05) is 13.8 Å². The van der Waals surface area contributed by atoms with Crippen LogP contribution in [0.4, 0.5) is 0 Å². The Morgan fingerprint density at radius 3 is 2.60 bits per heavy atom. The first-order chi connectivity index (χ1) is 9.76. The minimum Gasteiger partial charge on any atom is -0.379 e. The van der Waals surface area contributed by atoms with Crippen molar-refractivity contribution in [1.29, 1.82) is 0 Å². The summed E-state index contributed by atoms with van der Waals surface area (Å²) in [6.45, 7) is 14.7. The fraction of sp³-hybridized carbons (Fsp3) is 1.00. The summed E-state index contributed by atoms with van der Waals surface area (Å²) in [6, 6.07) is 2.04. The number of nitrogens with zero attached hydrogens (tertiary/aromatic N) is 2. The molecule has 2 aliphatic heterocycles. The van der Waals surface area contributed by atoms with Gasteiger partial charge in [0, 0.05) is 44.3 Å². The Balaban J connectivity index is 1.80. The Hall–Kier alpha value is -0.160. The highest BCUT2D eigenvalue weighted by molar-refractivity contribution is 4.90. The highest BCUT2D eigenvalue weighted by atomic mass is 16.5. The Morgan fingerprint density at radius 1 is 1.20 bits per heavy atom. The molecule has 2 saturated heterocycles. The van der Waals surface area contributed by atoms with E-state index in [0.29, 0.717) is 12.1 Å². The highest BCUT2D eigenvalue weighted by Gasteiger charge is 2.32. The molecular formula is C16H33N3O. The first-order valence-electron chi connectivity index (χ1n) is 8.55. The molecule has 3 unspecified atom stereocenters. The lowest BCUT2D eigenvalue weighted by molar-refractivity contribution is 0.0173. The van der Waals surface area contributed by atoms with Crippen LogP contribution in [0.5, 0.6) is 0 Å². The third-order valence-corrected chi connectivity index (χ3v) is 5.01. The van der Waals surface area contributed by atoms with Crippen molar-refractivity contribution in [2.24, 2.45) is 0 Å². The van der Waals surface area contributed by atoms with Crippen LogP contribution in [0.3, 0.4) is 0 Å². The van der Waals surface area contributed by atoms with E-state index in [4.69, 9.17) is 4.74 Å². The van der Waals surface area contributed by atoms with E-state index < -0.39 is 0 Å². The Bertz CT molecular complexity index is 268. The van der Waals surface area contributed by atoms with Gasteiger partial charge >= 0.3 is 0 Å². The summed E-state index contributed by atoms with van der Waals surface area (Å²) >= 11 is 0. The smallest absolute Gasteiger partial charge is 0.0594 e. The summed E-state index contributed by atoms with van der Waals surface area (Å²) in [5.41, 5.74) is 0. The lowest BCUT2D eigenvalue weighted by atomic mass is 10.1. The number of hydrogen-bond acceptors (Lipinski definition) is 4. The Kier molecular flexibility index (Phi) is 6.75. The van der Waals surface area contributed by atoms with E-state index in [1.165, 1.54) is 32.4 Å². The molecule has 0 bridgehead atoms. The normalized spacial score (nSPS) is 28.6. The number of morpholine rings is 1. The van der Waals surface area contributed by atoms with E-state index in [9.17, 15) is 0 Å². The van der Waals surface area contributed by atoms with E-state index >= 15 is 0 Å². The number of hydrogen-bond donors (Lipinski definition) is 1. The molecule has 0 saturated carbocycles. The van der Waals surface area contributed by atoms with Crippen LogP contribution in [-0.2, 0) is 4.74 Å². The second-order valence-corrected chi connectivity index (χ2v) is 6.30. The zero-order valence-electron chi connectivity index (χ0n) is 13.6. The van der Waals surface area contributed by atoms with Crippen molar-refractivity contribution in [3.8, 4) is 0 Å². The molecule has 0 amide bonds. The molecule has 0 aliphatic carbocycles. The molecule has 2 rings (SSSR count). The molecule has 0 spiro atoms. The van der Waals surface area contributed by atoms with Crippen LogP contribution >= 0.6 is 0 Å². The van der Waals surface area contributed by atoms with E-state index in [1.54, 1.807) is 0 Å². The molecule has 3 atom stereocenters. The summed E-state index contributed by atoms with van der Waals surface area (Å²) in [5, 5.41) is 3.71. The van der Waals surface area contributed by atoms with Crippen LogP contribution in [0, 0.1) is 0 Å². The molecule has 2 fully saturated rings.